The summed E-state index contributed by atoms with van der Waals surface area (Å²) in [5.41, 5.74) is 0.822. The van der Waals surface area contributed by atoms with Gasteiger partial charge in [0.05, 0.1) is 5.71 Å². The van der Waals surface area contributed by atoms with Crippen LogP contribution in [0.2, 0.25) is 0 Å². The zero-order valence-electron chi connectivity index (χ0n) is 14.2. The van der Waals surface area contributed by atoms with Crippen LogP contribution in [0.4, 0.5) is 0 Å². The Labute approximate surface area is 137 Å². The van der Waals surface area contributed by atoms with Gasteiger partial charge in [-0.05, 0) is 55.3 Å². The van der Waals surface area contributed by atoms with Gasteiger partial charge in [0.25, 0.3) is 0 Å². The molecule has 23 heavy (non-hydrogen) atoms. The summed E-state index contributed by atoms with van der Waals surface area (Å²) < 4.78 is 0. The smallest absolute Gasteiger partial charge is 0.139 e. The van der Waals surface area contributed by atoms with Gasteiger partial charge < -0.3 is 5.21 Å². The first-order valence-corrected chi connectivity index (χ1v) is 9.16. The number of oxime groups is 1. The third kappa shape index (κ3) is 1.93. The minimum atomic E-state index is -0.217. The van der Waals surface area contributed by atoms with Crippen molar-refractivity contribution in [1.82, 2.24) is 0 Å². The zero-order valence-corrected chi connectivity index (χ0v) is 14.2. The van der Waals surface area contributed by atoms with E-state index in [4.69, 9.17) is 0 Å². The lowest BCUT2D eigenvalue weighted by Crippen LogP contribution is -2.57. The van der Waals surface area contributed by atoms with E-state index in [1.807, 2.05) is 0 Å². The Hall–Kier alpha value is -1.19. The maximum Gasteiger partial charge on any atom is 0.139 e. The van der Waals surface area contributed by atoms with Crippen LogP contribution in [0.3, 0.4) is 0 Å². The number of hydrogen-bond donors (Lipinski definition) is 1. The first-order valence-electron chi connectivity index (χ1n) is 9.16. The molecule has 0 bridgehead atoms. The summed E-state index contributed by atoms with van der Waals surface area (Å²) in [5, 5.41) is 13.3. The van der Waals surface area contributed by atoms with Crippen LogP contribution in [0.25, 0.3) is 0 Å². The van der Waals surface area contributed by atoms with Gasteiger partial charge in [0.1, 0.15) is 11.6 Å². The minimum Gasteiger partial charge on any atom is -0.411 e. The summed E-state index contributed by atoms with van der Waals surface area (Å²) in [5.74, 6) is 2.11. The van der Waals surface area contributed by atoms with Gasteiger partial charge in [-0.15, -0.1) is 0 Å². The van der Waals surface area contributed by atoms with Crippen LogP contribution in [0.15, 0.2) is 5.16 Å². The maximum atomic E-state index is 12.5. The monoisotopic (exact) mass is 317 g/mol. The molecule has 4 aliphatic rings. The SMILES string of the molecule is C[C@]12CCC(=O)CC1C/C(=N/O)[C@@H]1[C@@H]2CC[C@]2(C)C(=O)CC[C@@H]12. The van der Waals surface area contributed by atoms with Crippen LogP contribution in [0.1, 0.15) is 65.2 Å². The summed E-state index contributed by atoms with van der Waals surface area (Å²) in [6.07, 6.45) is 6.66. The Bertz CT molecular complexity index is 597. The summed E-state index contributed by atoms with van der Waals surface area (Å²) in [7, 11) is 0. The van der Waals surface area contributed by atoms with E-state index in [2.05, 4.69) is 19.0 Å². The number of Topliss-reactive ketones (excluding diaryl/α,β-unsaturated/α-hetero) is 2. The fourth-order valence-corrected chi connectivity index (χ4v) is 6.63. The van der Waals surface area contributed by atoms with E-state index in [9.17, 15) is 14.8 Å². The lowest BCUT2D eigenvalue weighted by molar-refractivity contribution is -0.135. The molecule has 4 saturated carbocycles. The van der Waals surface area contributed by atoms with Crippen molar-refractivity contribution >= 4 is 17.3 Å². The second-order valence-corrected chi connectivity index (χ2v) is 8.90. The average Bonchev–Trinajstić information content (AvgIpc) is 2.83. The van der Waals surface area contributed by atoms with Crippen molar-refractivity contribution in [2.45, 2.75) is 65.2 Å². The van der Waals surface area contributed by atoms with Gasteiger partial charge in [-0.25, -0.2) is 0 Å². The number of fused-ring (bicyclic) bond motifs is 5. The molecule has 4 heteroatoms. The molecule has 4 fully saturated rings. The first kappa shape index (κ1) is 15.3. The molecule has 0 spiro atoms. The molecule has 4 rings (SSSR count). The van der Waals surface area contributed by atoms with Crippen LogP contribution < -0.4 is 0 Å². The van der Waals surface area contributed by atoms with E-state index < -0.39 is 0 Å². The molecule has 0 aromatic carbocycles. The van der Waals surface area contributed by atoms with Gasteiger partial charge in [0.15, 0.2) is 0 Å². The molecule has 1 unspecified atom stereocenters. The Morgan fingerprint density at radius 1 is 1.04 bits per heavy atom. The van der Waals surface area contributed by atoms with Crippen molar-refractivity contribution in [2.75, 3.05) is 0 Å². The van der Waals surface area contributed by atoms with Crippen molar-refractivity contribution in [2.24, 2.45) is 39.7 Å². The van der Waals surface area contributed by atoms with Gasteiger partial charge in [-0.2, -0.15) is 0 Å². The molecule has 1 N–H and O–H groups in total. The summed E-state index contributed by atoms with van der Waals surface area (Å²) in [6, 6.07) is 0. The lowest BCUT2D eigenvalue weighted by atomic mass is 9.45. The third-order valence-electron chi connectivity index (χ3n) is 8.14. The van der Waals surface area contributed by atoms with Crippen molar-refractivity contribution in [3.8, 4) is 0 Å². The Morgan fingerprint density at radius 2 is 1.83 bits per heavy atom. The molecule has 4 nitrogen and oxygen atoms in total. The second-order valence-electron chi connectivity index (χ2n) is 8.90. The summed E-state index contributed by atoms with van der Waals surface area (Å²) >= 11 is 0. The number of hydrogen-bond acceptors (Lipinski definition) is 4. The van der Waals surface area contributed by atoms with Gasteiger partial charge in [0.2, 0.25) is 0 Å². The highest BCUT2D eigenvalue weighted by Gasteiger charge is 2.62. The molecular weight excluding hydrogens is 290 g/mol. The summed E-state index contributed by atoms with van der Waals surface area (Å²) in [4.78, 5) is 24.4. The molecule has 4 aliphatic carbocycles. The van der Waals surface area contributed by atoms with Crippen molar-refractivity contribution in [1.29, 1.82) is 0 Å². The Kier molecular flexibility index (Phi) is 3.27. The fraction of sp³-hybridized carbons (Fsp3) is 0.842. The van der Waals surface area contributed by atoms with Gasteiger partial charge in [-0.1, -0.05) is 19.0 Å². The molecule has 0 amide bonds. The quantitative estimate of drug-likeness (QED) is 0.548. The predicted octanol–water partition coefficient (Wildman–Crippen LogP) is 3.61. The largest absolute Gasteiger partial charge is 0.411 e. The molecular formula is C19H27NO3. The van der Waals surface area contributed by atoms with E-state index in [0.29, 0.717) is 48.6 Å². The molecule has 0 radical (unpaired) electrons. The van der Waals surface area contributed by atoms with Crippen LogP contribution in [0, 0.1) is 34.5 Å². The standard InChI is InChI=1S/C19H27NO3/c1-18-7-5-12(21)9-11(18)10-15(20-23)17-13-3-4-16(22)19(13,2)8-6-14(17)18/h11,13-14,17,23H,3-10H2,1-2H3/b20-15-/t11?,13-,14-,17-,18-,19-/m0/s1. The van der Waals surface area contributed by atoms with E-state index in [0.717, 1.165) is 37.8 Å². The van der Waals surface area contributed by atoms with Crippen LogP contribution in [-0.4, -0.2) is 22.5 Å². The Morgan fingerprint density at radius 3 is 2.57 bits per heavy atom. The van der Waals surface area contributed by atoms with E-state index in [1.54, 1.807) is 0 Å². The molecule has 0 heterocycles. The second kappa shape index (κ2) is 4.90. The molecule has 0 aromatic rings. The normalized spacial score (nSPS) is 51.3. The van der Waals surface area contributed by atoms with Crippen molar-refractivity contribution in [3.63, 3.8) is 0 Å². The highest BCUT2D eigenvalue weighted by molar-refractivity contribution is 5.93. The average molecular weight is 317 g/mol. The zero-order chi connectivity index (χ0) is 16.4. The van der Waals surface area contributed by atoms with Gasteiger partial charge in [0, 0.05) is 30.6 Å². The maximum absolute atomic E-state index is 12.5. The Balaban J connectivity index is 1.75. The third-order valence-corrected chi connectivity index (χ3v) is 8.14. The molecule has 126 valence electrons. The molecule has 0 saturated heterocycles. The first-order chi connectivity index (χ1) is 10.9. The highest BCUT2D eigenvalue weighted by Crippen LogP contribution is 2.64. The minimum absolute atomic E-state index is 0.166. The molecule has 6 atom stereocenters. The molecule has 0 aliphatic heterocycles. The van der Waals surface area contributed by atoms with E-state index in [1.165, 1.54) is 0 Å². The van der Waals surface area contributed by atoms with Crippen LogP contribution >= 0.6 is 0 Å². The summed E-state index contributed by atoms with van der Waals surface area (Å²) in [6.45, 7) is 4.49. The van der Waals surface area contributed by atoms with Crippen molar-refractivity contribution in [3.05, 3.63) is 0 Å². The van der Waals surface area contributed by atoms with Crippen LogP contribution in [-0.2, 0) is 9.59 Å². The van der Waals surface area contributed by atoms with Gasteiger partial charge in [-0.3, -0.25) is 9.59 Å². The van der Waals surface area contributed by atoms with E-state index >= 15 is 0 Å². The van der Waals surface area contributed by atoms with E-state index in [-0.39, 0.29) is 16.7 Å². The lowest BCUT2D eigenvalue weighted by Gasteiger charge is -2.59. The highest BCUT2D eigenvalue weighted by atomic mass is 16.4. The molecule has 0 aromatic heterocycles. The number of rotatable bonds is 0. The number of carbonyl (C=O) groups excluding carboxylic acids is 2. The topological polar surface area (TPSA) is 66.7 Å². The number of nitrogens with zero attached hydrogens (tertiary/aromatic N) is 1. The predicted molar refractivity (Wildman–Crippen MR) is 86.3 cm³/mol. The number of carbonyl (C=O) groups is 2. The number of ketones is 2. The van der Waals surface area contributed by atoms with Crippen LogP contribution in [0.5, 0.6) is 0 Å². The van der Waals surface area contributed by atoms with Gasteiger partial charge >= 0.3 is 0 Å². The fourth-order valence-electron chi connectivity index (χ4n) is 6.63. The van der Waals surface area contributed by atoms with Crippen molar-refractivity contribution < 1.29 is 14.8 Å².